The first kappa shape index (κ1) is 19.8. The maximum atomic E-state index is 12.2. The highest BCUT2D eigenvalue weighted by molar-refractivity contribution is 5.62. The van der Waals surface area contributed by atoms with Crippen molar-refractivity contribution in [2.75, 3.05) is 31.3 Å². The van der Waals surface area contributed by atoms with Gasteiger partial charge in [0.05, 0.1) is 12.8 Å². The molecule has 0 fully saturated rings. The molecule has 0 bridgehead atoms. The normalized spacial score (nSPS) is 13.6. The largest absolute Gasteiger partial charge is 0.480 e. The molecule has 3 aromatic rings. The Balaban J connectivity index is 1.52. The molecule has 0 spiro atoms. The monoisotopic (exact) mass is 407 g/mol. The van der Waals surface area contributed by atoms with Crippen LogP contribution in [0.2, 0.25) is 0 Å². The predicted octanol–water partition coefficient (Wildman–Crippen LogP) is 1.92. The Morgan fingerprint density at radius 1 is 1.23 bits per heavy atom. The van der Waals surface area contributed by atoms with Gasteiger partial charge in [0.2, 0.25) is 11.8 Å². The minimum absolute atomic E-state index is 0.0350. The molecule has 0 aromatic carbocycles. The fourth-order valence-electron chi connectivity index (χ4n) is 3.45. The van der Waals surface area contributed by atoms with Gasteiger partial charge in [-0.25, -0.2) is 9.97 Å². The van der Waals surface area contributed by atoms with Gasteiger partial charge in [-0.2, -0.15) is 4.98 Å². The molecule has 156 valence electrons. The van der Waals surface area contributed by atoms with Crippen LogP contribution < -0.4 is 20.9 Å². The number of pyridine rings is 2. The second-order valence-electron chi connectivity index (χ2n) is 7.33. The first-order chi connectivity index (χ1) is 14.5. The molecule has 0 aliphatic carbocycles. The average Bonchev–Trinajstić information content (AvgIpc) is 2.74. The molecule has 0 unspecified atom stereocenters. The number of nitrogens with one attached hydrogen (secondary N) is 2. The second kappa shape index (κ2) is 8.50. The van der Waals surface area contributed by atoms with Crippen LogP contribution in [0, 0.1) is 0 Å². The number of anilines is 3. The van der Waals surface area contributed by atoms with Crippen molar-refractivity contribution in [3.8, 4) is 5.88 Å². The Hall–Kier alpha value is -3.46. The van der Waals surface area contributed by atoms with Gasteiger partial charge >= 0.3 is 0 Å². The maximum Gasteiger partial charge on any atom is 0.255 e. The van der Waals surface area contributed by atoms with Crippen LogP contribution in [-0.2, 0) is 26.6 Å². The molecular formula is C21H25N7O2. The molecule has 0 atom stereocenters. The van der Waals surface area contributed by atoms with Crippen LogP contribution >= 0.6 is 0 Å². The lowest BCUT2D eigenvalue weighted by Gasteiger charge is -2.25. The predicted molar refractivity (Wildman–Crippen MR) is 115 cm³/mol. The van der Waals surface area contributed by atoms with Crippen molar-refractivity contribution in [2.45, 2.75) is 19.5 Å². The molecule has 30 heavy (non-hydrogen) atoms. The van der Waals surface area contributed by atoms with Crippen molar-refractivity contribution in [3.63, 3.8) is 0 Å². The topological polar surface area (TPSA) is 97.2 Å². The molecule has 9 heteroatoms. The molecule has 0 amide bonds. The third kappa shape index (κ3) is 4.25. The third-order valence-electron chi connectivity index (χ3n) is 5.08. The van der Waals surface area contributed by atoms with E-state index >= 15 is 0 Å². The lowest BCUT2D eigenvalue weighted by molar-refractivity contribution is 0.307. The van der Waals surface area contributed by atoms with Gasteiger partial charge in [-0.15, -0.1) is 0 Å². The number of methoxy groups -OCH3 is 1. The Morgan fingerprint density at radius 3 is 2.93 bits per heavy atom. The smallest absolute Gasteiger partial charge is 0.255 e. The summed E-state index contributed by atoms with van der Waals surface area (Å²) < 4.78 is 7.03. The van der Waals surface area contributed by atoms with E-state index in [1.807, 2.05) is 12.1 Å². The standard InChI is InChI=1S/C21H25N7O2/c1-27-10-7-16-15(13-27)11-17(19(24-16)30-3)25-21-22-8-6-18(26-21)23-12-14-5-4-9-28(2)20(14)29/h4-6,8-9,11H,7,10,12-13H2,1-3H3,(H2,22,23,25,26). The van der Waals surface area contributed by atoms with Crippen LogP contribution in [0.1, 0.15) is 16.8 Å². The second-order valence-corrected chi connectivity index (χ2v) is 7.33. The van der Waals surface area contributed by atoms with Crippen LogP contribution in [0.25, 0.3) is 0 Å². The van der Waals surface area contributed by atoms with Gasteiger partial charge in [0.25, 0.3) is 5.56 Å². The summed E-state index contributed by atoms with van der Waals surface area (Å²) in [5.41, 5.74) is 3.59. The first-order valence-electron chi connectivity index (χ1n) is 9.77. The summed E-state index contributed by atoms with van der Waals surface area (Å²) >= 11 is 0. The van der Waals surface area contributed by atoms with E-state index in [1.165, 1.54) is 5.56 Å². The number of hydrogen-bond donors (Lipinski definition) is 2. The van der Waals surface area contributed by atoms with E-state index in [9.17, 15) is 4.79 Å². The van der Waals surface area contributed by atoms with E-state index in [1.54, 1.807) is 43.3 Å². The number of hydrogen-bond acceptors (Lipinski definition) is 8. The summed E-state index contributed by atoms with van der Waals surface area (Å²) in [5, 5.41) is 6.39. The zero-order valence-corrected chi connectivity index (χ0v) is 17.3. The molecule has 1 aliphatic rings. The van der Waals surface area contributed by atoms with Gasteiger partial charge in [-0.05, 0) is 30.8 Å². The SMILES string of the molecule is COc1nc2c(cc1Nc1nccc(NCc3cccn(C)c3=O)n1)CN(C)CC2. The summed E-state index contributed by atoms with van der Waals surface area (Å²) in [6.45, 7) is 2.20. The number of rotatable bonds is 6. The highest BCUT2D eigenvalue weighted by atomic mass is 16.5. The van der Waals surface area contributed by atoms with E-state index in [4.69, 9.17) is 4.74 Å². The highest BCUT2D eigenvalue weighted by Gasteiger charge is 2.18. The lowest BCUT2D eigenvalue weighted by atomic mass is 10.1. The Bertz CT molecular complexity index is 1110. The van der Waals surface area contributed by atoms with Crippen molar-refractivity contribution in [2.24, 2.45) is 7.05 Å². The minimum Gasteiger partial charge on any atom is -0.480 e. The third-order valence-corrected chi connectivity index (χ3v) is 5.08. The molecule has 2 N–H and O–H groups in total. The molecule has 0 saturated carbocycles. The van der Waals surface area contributed by atoms with Crippen molar-refractivity contribution in [3.05, 3.63) is 63.8 Å². The number of nitrogens with zero attached hydrogens (tertiary/aromatic N) is 5. The van der Waals surface area contributed by atoms with Crippen LogP contribution in [0.5, 0.6) is 5.88 Å². The fraction of sp³-hybridized carbons (Fsp3) is 0.333. The quantitative estimate of drug-likeness (QED) is 0.640. The van der Waals surface area contributed by atoms with E-state index in [2.05, 4.69) is 37.5 Å². The molecule has 0 radical (unpaired) electrons. The molecular weight excluding hydrogens is 382 g/mol. The zero-order chi connectivity index (χ0) is 21.1. The maximum absolute atomic E-state index is 12.2. The number of aryl methyl sites for hydroxylation is 1. The molecule has 9 nitrogen and oxygen atoms in total. The number of likely N-dealkylation sites (N-methyl/N-ethyl adjacent to an activating group) is 1. The molecule has 0 saturated heterocycles. The van der Waals surface area contributed by atoms with E-state index in [-0.39, 0.29) is 5.56 Å². The van der Waals surface area contributed by atoms with Gasteiger partial charge in [0.15, 0.2) is 0 Å². The Morgan fingerprint density at radius 2 is 2.10 bits per heavy atom. The molecule has 3 aromatic heterocycles. The Kier molecular flexibility index (Phi) is 5.62. The minimum atomic E-state index is -0.0350. The van der Waals surface area contributed by atoms with Crippen LogP contribution in [0.15, 0.2) is 41.5 Å². The highest BCUT2D eigenvalue weighted by Crippen LogP contribution is 2.29. The van der Waals surface area contributed by atoms with Gasteiger partial charge in [0, 0.05) is 51.1 Å². The first-order valence-corrected chi connectivity index (χ1v) is 9.77. The van der Waals surface area contributed by atoms with Gasteiger partial charge in [-0.1, -0.05) is 6.07 Å². The summed E-state index contributed by atoms with van der Waals surface area (Å²) in [7, 11) is 5.43. The number of ether oxygens (including phenoxy) is 1. The van der Waals surface area contributed by atoms with Crippen molar-refractivity contribution in [1.82, 2.24) is 24.4 Å². The molecule has 4 heterocycles. The zero-order valence-electron chi connectivity index (χ0n) is 17.3. The van der Waals surface area contributed by atoms with Crippen molar-refractivity contribution < 1.29 is 4.74 Å². The summed E-state index contributed by atoms with van der Waals surface area (Å²) in [6.07, 6.45) is 4.29. The van der Waals surface area contributed by atoms with Crippen molar-refractivity contribution in [1.29, 1.82) is 0 Å². The lowest BCUT2D eigenvalue weighted by Crippen LogP contribution is -2.27. The average molecular weight is 407 g/mol. The summed E-state index contributed by atoms with van der Waals surface area (Å²) in [4.78, 5) is 27.9. The number of aromatic nitrogens is 4. The molecule has 4 rings (SSSR count). The van der Waals surface area contributed by atoms with E-state index in [0.717, 1.165) is 30.9 Å². The van der Waals surface area contributed by atoms with E-state index < -0.39 is 0 Å². The Labute approximate surface area is 174 Å². The fourth-order valence-corrected chi connectivity index (χ4v) is 3.45. The van der Waals surface area contributed by atoms with Gasteiger partial charge < -0.3 is 24.8 Å². The van der Waals surface area contributed by atoms with Crippen LogP contribution in [0.3, 0.4) is 0 Å². The summed E-state index contributed by atoms with van der Waals surface area (Å²) in [5.74, 6) is 1.56. The van der Waals surface area contributed by atoms with Gasteiger partial charge in [-0.3, -0.25) is 4.79 Å². The van der Waals surface area contributed by atoms with E-state index in [0.29, 0.717) is 29.8 Å². The van der Waals surface area contributed by atoms with Gasteiger partial charge in [0.1, 0.15) is 11.5 Å². The van der Waals surface area contributed by atoms with Crippen LogP contribution in [-0.4, -0.2) is 45.1 Å². The van der Waals surface area contributed by atoms with Crippen molar-refractivity contribution >= 4 is 17.5 Å². The summed E-state index contributed by atoms with van der Waals surface area (Å²) in [6, 6.07) is 7.46. The van der Waals surface area contributed by atoms with Crippen LogP contribution in [0.4, 0.5) is 17.5 Å². The number of fused-ring (bicyclic) bond motifs is 1. The molecule has 1 aliphatic heterocycles.